The summed E-state index contributed by atoms with van der Waals surface area (Å²) in [4.78, 5) is 14.4. The molecule has 0 radical (unpaired) electrons. The number of piperidine rings is 1. The zero-order valence-electron chi connectivity index (χ0n) is 10.7. The Balaban J connectivity index is 2.09. The van der Waals surface area contributed by atoms with Crippen LogP contribution in [0.5, 0.6) is 0 Å². The van der Waals surface area contributed by atoms with Gasteiger partial charge in [0.15, 0.2) is 0 Å². The molecule has 3 unspecified atom stereocenters. The zero-order valence-corrected chi connectivity index (χ0v) is 10.7. The Kier molecular flexibility index (Phi) is 2.99. The first-order valence-corrected chi connectivity index (χ1v) is 6.54. The summed E-state index contributed by atoms with van der Waals surface area (Å²) < 4.78 is 0. The van der Waals surface area contributed by atoms with Gasteiger partial charge in [0.05, 0.1) is 5.54 Å². The smallest absolute Gasteiger partial charge is 0.242 e. The highest BCUT2D eigenvalue weighted by atomic mass is 16.2. The van der Waals surface area contributed by atoms with E-state index in [0.29, 0.717) is 17.9 Å². The Morgan fingerprint density at radius 2 is 1.94 bits per heavy atom. The van der Waals surface area contributed by atoms with Crippen LogP contribution >= 0.6 is 0 Å². The Labute approximate surface area is 98.4 Å². The van der Waals surface area contributed by atoms with Crippen molar-refractivity contribution in [1.29, 1.82) is 0 Å². The molecule has 1 saturated carbocycles. The molecule has 2 aliphatic rings. The van der Waals surface area contributed by atoms with Gasteiger partial charge in [-0.1, -0.05) is 13.8 Å². The highest BCUT2D eigenvalue weighted by Gasteiger charge is 2.45. The number of nitrogens with zero attached hydrogens (tertiary/aromatic N) is 1. The van der Waals surface area contributed by atoms with Crippen molar-refractivity contribution in [2.75, 3.05) is 6.54 Å². The van der Waals surface area contributed by atoms with Crippen molar-refractivity contribution < 1.29 is 4.79 Å². The average molecular weight is 224 g/mol. The van der Waals surface area contributed by atoms with E-state index in [1.54, 1.807) is 0 Å². The fraction of sp³-hybridized carbons (Fsp3) is 0.923. The molecule has 0 aromatic heterocycles. The van der Waals surface area contributed by atoms with Gasteiger partial charge >= 0.3 is 0 Å². The van der Waals surface area contributed by atoms with Crippen LogP contribution in [0, 0.1) is 11.8 Å². The van der Waals surface area contributed by atoms with Crippen molar-refractivity contribution in [3.63, 3.8) is 0 Å². The summed E-state index contributed by atoms with van der Waals surface area (Å²) in [7, 11) is 0. The number of rotatable bonds is 1. The molecular weight excluding hydrogens is 200 g/mol. The maximum Gasteiger partial charge on any atom is 0.242 e. The molecule has 0 bridgehead atoms. The molecule has 1 saturated heterocycles. The first kappa shape index (κ1) is 11.9. The van der Waals surface area contributed by atoms with Crippen LogP contribution in [0.3, 0.4) is 0 Å². The van der Waals surface area contributed by atoms with E-state index in [4.69, 9.17) is 5.73 Å². The van der Waals surface area contributed by atoms with Gasteiger partial charge in [0.1, 0.15) is 0 Å². The van der Waals surface area contributed by atoms with Gasteiger partial charge in [-0.2, -0.15) is 0 Å². The second-order valence-electron chi connectivity index (χ2n) is 6.03. The Bertz CT molecular complexity index is 286. The van der Waals surface area contributed by atoms with Gasteiger partial charge in [0, 0.05) is 12.6 Å². The standard InChI is InChI=1S/C13H24N2O/c1-9-7-10(2)11(3)15(8-9)12(16)13(14)5-4-6-13/h9-11H,4-8,14H2,1-3H3. The van der Waals surface area contributed by atoms with E-state index in [9.17, 15) is 4.79 Å². The van der Waals surface area contributed by atoms with Crippen LogP contribution in [-0.4, -0.2) is 28.9 Å². The quantitative estimate of drug-likeness (QED) is 0.737. The molecule has 1 amide bonds. The number of carbonyl (C=O) groups is 1. The summed E-state index contributed by atoms with van der Waals surface area (Å²) in [5, 5.41) is 0. The minimum atomic E-state index is -0.523. The van der Waals surface area contributed by atoms with Crippen molar-refractivity contribution in [2.45, 2.75) is 58.0 Å². The lowest BCUT2D eigenvalue weighted by Gasteiger charge is -2.47. The van der Waals surface area contributed by atoms with E-state index < -0.39 is 5.54 Å². The van der Waals surface area contributed by atoms with Crippen molar-refractivity contribution in [1.82, 2.24) is 4.90 Å². The largest absolute Gasteiger partial charge is 0.338 e. The van der Waals surface area contributed by atoms with Crippen molar-refractivity contribution in [3.05, 3.63) is 0 Å². The SMILES string of the molecule is CC1CC(C)C(C)N(C(=O)C2(N)CCC2)C1. The van der Waals surface area contributed by atoms with Crippen LogP contribution in [0.2, 0.25) is 0 Å². The van der Waals surface area contributed by atoms with Crippen LogP contribution in [0.15, 0.2) is 0 Å². The summed E-state index contributed by atoms with van der Waals surface area (Å²) in [5.74, 6) is 1.40. The molecule has 2 N–H and O–H groups in total. The van der Waals surface area contributed by atoms with Gasteiger partial charge in [0.25, 0.3) is 0 Å². The third-order valence-electron chi connectivity index (χ3n) is 4.53. The van der Waals surface area contributed by atoms with Crippen LogP contribution in [0.25, 0.3) is 0 Å². The number of amides is 1. The molecular formula is C13H24N2O. The van der Waals surface area contributed by atoms with E-state index >= 15 is 0 Å². The molecule has 3 nitrogen and oxygen atoms in total. The fourth-order valence-electron chi connectivity index (χ4n) is 3.04. The third kappa shape index (κ3) is 1.86. The first-order valence-electron chi connectivity index (χ1n) is 6.54. The second kappa shape index (κ2) is 4.02. The summed E-state index contributed by atoms with van der Waals surface area (Å²) in [5.41, 5.74) is 5.62. The number of carbonyl (C=O) groups excluding carboxylic acids is 1. The lowest BCUT2D eigenvalue weighted by Crippen LogP contribution is -2.63. The molecule has 0 aromatic rings. The predicted molar refractivity (Wildman–Crippen MR) is 64.9 cm³/mol. The van der Waals surface area contributed by atoms with Gasteiger partial charge in [-0.25, -0.2) is 0 Å². The van der Waals surface area contributed by atoms with Gasteiger partial charge < -0.3 is 10.6 Å². The summed E-state index contributed by atoms with van der Waals surface area (Å²) in [6.45, 7) is 7.52. The average Bonchev–Trinajstić information content (AvgIpc) is 2.19. The van der Waals surface area contributed by atoms with Crippen LogP contribution in [0.4, 0.5) is 0 Å². The molecule has 92 valence electrons. The second-order valence-corrected chi connectivity index (χ2v) is 6.03. The maximum absolute atomic E-state index is 12.4. The molecule has 3 heteroatoms. The number of hydrogen-bond donors (Lipinski definition) is 1. The molecule has 2 fully saturated rings. The van der Waals surface area contributed by atoms with Crippen molar-refractivity contribution >= 4 is 5.91 Å². The monoisotopic (exact) mass is 224 g/mol. The molecule has 3 atom stereocenters. The highest BCUT2D eigenvalue weighted by Crippen LogP contribution is 2.35. The van der Waals surface area contributed by atoms with Crippen molar-refractivity contribution in [2.24, 2.45) is 17.6 Å². The number of nitrogens with two attached hydrogens (primary N) is 1. The lowest BCUT2D eigenvalue weighted by atomic mass is 9.75. The zero-order chi connectivity index (χ0) is 11.9. The van der Waals surface area contributed by atoms with Crippen molar-refractivity contribution in [3.8, 4) is 0 Å². The Hall–Kier alpha value is -0.570. The van der Waals surface area contributed by atoms with Gasteiger partial charge in [-0.3, -0.25) is 4.79 Å². The predicted octanol–water partition coefficient (Wildman–Crippen LogP) is 1.76. The minimum absolute atomic E-state index is 0.199. The summed E-state index contributed by atoms with van der Waals surface area (Å²) >= 11 is 0. The first-order chi connectivity index (χ1) is 7.44. The molecule has 0 spiro atoms. The van der Waals surface area contributed by atoms with Crippen LogP contribution in [-0.2, 0) is 4.79 Å². The molecule has 0 aromatic carbocycles. The topological polar surface area (TPSA) is 46.3 Å². The molecule has 2 rings (SSSR count). The van der Waals surface area contributed by atoms with E-state index in [0.717, 1.165) is 25.8 Å². The van der Waals surface area contributed by atoms with E-state index in [1.807, 2.05) is 4.90 Å². The van der Waals surface area contributed by atoms with Crippen LogP contribution < -0.4 is 5.73 Å². The van der Waals surface area contributed by atoms with E-state index in [2.05, 4.69) is 20.8 Å². The normalized spacial score (nSPS) is 38.0. The Morgan fingerprint density at radius 1 is 1.31 bits per heavy atom. The summed E-state index contributed by atoms with van der Waals surface area (Å²) in [6, 6.07) is 0.352. The Morgan fingerprint density at radius 3 is 2.44 bits per heavy atom. The van der Waals surface area contributed by atoms with Gasteiger partial charge in [-0.15, -0.1) is 0 Å². The number of hydrogen-bond acceptors (Lipinski definition) is 2. The number of likely N-dealkylation sites (tertiary alicyclic amines) is 1. The maximum atomic E-state index is 12.4. The molecule has 1 aliphatic carbocycles. The fourth-order valence-corrected chi connectivity index (χ4v) is 3.04. The molecule has 16 heavy (non-hydrogen) atoms. The molecule has 1 aliphatic heterocycles. The van der Waals surface area contributed by atoms with Gasteiger partial charge in [-0.05, 0) is 44.4 Å². The summed E-state index contributed by atoms with van der Waals surface area (Å²) in [6.07, 6.45) is 4.08. The molecule has 1 heterocycles. The van der Waals surface area contributed by atoms with Crippen LogP contribution in [0.1, 0.15) is 46.5 Å². The highest BCUT2D eigenvalue weighted by molar-refractivity contribution is 5.87. The van der Waals surface area contributed by atoms with E-state index in [1.165, 1.54) is 6.42 Å². The third-order valence-corrected chi connectivity index (χ3v) is 4.53. The van der Waals surface area contributed by atoms with E-state index in [-0.39, 0.29) is 5.91 Å². The lowest BCUT2D eigenvalue weighted by molar-refractivity contribution is -0.146. The minimum Gasteiger partial charge on any atom is -0.338 e. The van der Waals surface area contributed by atoms with Gasteiger partial charge in [0.2, 0.25) is 5.91 Å².